The monoisotopic (exact) mass is 222 g/mol. The van der Waals surface area contributed by atoms with E-state index in [0.717, 1.165) is 6.42 Å². The maximum Gasteiger partial charge on any atom is 0.345 e. The minimum absolute atomic E-state index is 0.0525. The van der Waals surface area contributed by atoms with Gasteiger partial charge < -0.3 is 9.84 Å². The number of rotatable bonds is 5. The molecule has 16 heavy (non-hydrogen) atoms. The second kappa shape index (κ2) is 5.54. The van der Waals surface area contributed by atoms with Crippen molar-refractivity contribution in [3.05, 3.63) is 29.8 Å². The number of carboxylic acids is 1. The highest BCUT2D eigenvalue weighted by Crippen LogP contribution is 2.17. The summed E-state index contributed by atoms with van der Waals surface area (Å²) in [6.45, 7) is 5.74. The number of aliphatic carboxylic acids is 1. The third-order valence-electron chi connectivity index (χ3n) is 2.44. The highest BCUT2D eigenvalue weighted by atomic mass is 16.5. The summed E-state index contributed by atoms with van der Waals surface area (Å²) >= 11 is 0. The average molecular weight is 222 g/mol. The molecule has 0 aliphatic rings. The number of benzene rings is 1. The SMILES string of the molecule is CCc1ccc(OC(C(=O)O)C(C)C)cc1. The molecule has 1 aromatic rings. The van der Waals surface area contributed by atoms with Gasteiger partial charge in [-0.3, -0.25) is 0 Å². The van der Waals surface area contributed by atoms with Gasteiger partial charge in [0.15, 0.2) is 6.10 Å². The van der Waals surface area contributed by atoms with Crippen LogP contribution in [0.5, 0.6) is 5.75 Å². The van der Waals surface area contributed by atoms with Crippen molar-refractivity contribution in [2.45, 2.75) is 33.3 Å². The van der Waals surface area contributed by atoms with E-state index in [2.05, 4.69) is 6.92 Å². The molecule has 1 aromatic carbocycles. The van der Waals surface area contributed by atoms with Crippen LogP contribution in [0.4, 0.5) is 0 Å². The highest BCUT2D eigenvalue weighted by molar-refractivity contribution is 5.73. The summed E-state index contributed by atoms with van der Waals surface area (Å²) in [4.78, 5) is 10.9. The van der Waals surface area contributed by atoms with Crippen molar-refractivity contribution in [2.75, 3.05) is 0 Å². The molecule has 0 amide bonds. The first-order valence-electron chi connectivity index (χ1n) is 5.53. The first-order valence-corrected chi connectivity index (χ1v) is 5.53. The standard InChI is InChI=1S/C13H18O3/c1-4-10-5-7-11(8-6-10)16-12(9(2)3)13(14)15/h5-9,12H,4H2,1-3H3,(H,14,15). The van der Waals surface area contributed by atoms with Crippen LogP contribution in [-0.2, 0) is 11.2 Å². The van der Waals surface area contributed by atoms with E-state index in [4.69, 9.17) is 9.84 Å². The van der Waals surface area contributed by atoms with E-state index in [1.165, 1.54) is 5.56 Å². The largest absolute Gasteiger partial charge is 0.478 e. The van der Waals surface area contributed by atoms with Gasteiger partial charge in [0.25, 0.3) is 0 Å². The van der Waals surface area contributed by atoms with Gasteiger partial charge in [-0.05, 0) is 24.1 Å². The summed E-state index contributed by atoms with van der Waals surface area (Å²) in [6, 6.07) is 7.54. The van der Waals surface area contributed by atoms with Gasteiger partial charge >= 0.3 is 5.97 Å². The quantitative estimate of drug-likeness (QED) is 0.833. The van der Waals surface area contributed by atoms with Crippen molar-refractivity contribution in [1.29, 1.82) is 0 Å². The normalized spacial score (nSPS) is 12.5. The van der Waals surface area contributed by atoms with Gasteiger partial charge in [0.05, 0.1) is 0 Å². The molecule has 0 saturated heterocycles. The van der Waals surface area contributed by atoms with Crippen LogP contribution in [0.1, 0.15) is 26.3 Å². The summed E-state index contributed by atoms with van der Waals surface area (Å²) < 4.78 is 5.44. The third-order valence-corrected chi connectivity index (χ3v) is 2.44. The molecule has 0 spiro atoms. The molecule has 0 aliphatic heterocycles. The Balaban J connectivity index is 2.74. The number of carbonyl (C=O) groups is 1. The lowest BCUT2D eigenvalue weighted by atomic mass is 10.1. The van der Waals surface area contributed by atoms with Gasteiger partial charge in [0.2, 0.25) is 0 Å². The predicted octanol–water partition coefficient (Wildman–Crippen LogP) is 2.74. The second-order valence-electron chi connectivity index (χ2n) is 4.12. The smallest absolute Gasteiger partial charge is 0.345 e. The fraction of sp³-hybridized carbons (Fsp3) is 0.462. The second-order valence-corrected chi connectivity index (χ2v) is 4.12. The first-order chi connectivity index (χ1) is 7.54. The highest BCUT2D eigenvalue weighted by Gasteiger charge is 2.23. The summed E-state index contributed by atoms with van der Waals surface area (Å²) in [5.74, 6) is -0.365. The molecule has 0 radical (unpaired) electrons. The number of aryl methyl sites for hydroxylation is 1. The Kier molecular flexibility index (Phi) is 4.35. The minimum Gasteiger partial charge on any atom is -0.478 e. The topological polar surface area (TPSA) is 46.5 Å². The van der Waals surface area contributed by atoms with Gasteiger partial charge in [0, 0.05) is 5.92 Å². The average Bonchev–Trinajstić information content (AvgIpc) is 2.25. The van der Waals surface area contributed by atoms with Crippen molar-refractivity contribution < 1.29 is 14.6 Å². The molecule has 0 aromatic heterocycles. The Morgan fingerprint density at radius 2 is 1.88 bits per heavy atom. The van der Waals surface area contributed by atoms with E-state index in [9.17, 15) is 4.79 Å². The van der Waals surface area contributed by atoms with E-state index < -0.39 is 12.1 Å². The van der Waals surface area contributed by atoms with Crippen LogP contribution in [0, 0.1) is 5.92 Å². The van der Waals surface area contributed by atoms with E-state index in [1.54, 1.807) is 0 Å². The fourth-order valence-corrected chi connectivity index (χ4v) is 1.42. The number of ether oxygens (including phenoxy) is 1. The maximum absolute atomic E-state index is 10.9. The summed E-state index contributed by atoms with van der Waals surface area (Å²) in [7, 11) is 0. The molecule has 0 aliphatic carbocycles. The van der Waals surface area contributed by atoms with Gasteiger partial charge in [-0.25, -0.2) is 4.79 Å². The lowest BCUT2D eigenvalue weighted by Crippen LogP contribution is -2.32. The first kappa shape index (κ1) is 12.6. The zero-order chi connectivity index (χ0) is 12.1. The van der Waals surface area contributed by atoms with Gasteiger partial charge in [-0.2, -0.15) is 0 Å². The van der Waals surface area contributed by atoms with Crippen molar-refractivity contribution in [1.82, 2.24) is 0 Å². The van der Waals surface area contributed by atoms with Gasteiger partial charge in [-0.1, -0.05) is 32.9 Å². The molecular formula is C13H18O3. The molecule has 1 atom stereocenters. The summed E-state index contributed by atoms with van der Waals surface area (Å²) in [5, 5.41) is 8.98. The third kappa shape index (κ3) is 3.26. The van der Waals surface area contributed by atoms with Crippen LogP contribution >= 0.6 is 0 Å². The Morgan fingerprint density at radius 3 is 2.25 bits per heavy atom. The van der Waals surface area contributed by atoms with Crippen molar-refractivity contribution in [3.63, 3.8) is 0 Å². The molecule has 0 fully saturated rings. The van der Waals surface area contributed by atoms with Crippen LogP contribution in [0.25, 0.3) is 0 Å². The molecule has 3 heteroatoms. The lowest BCUT2D eigenvalue weighted by molar-refractivity contribution is -0.147. The van der Waals surface area contributed by atoms with Crippen LogP contribution in [0.15, 0.2) is 24.3 Å². The Morgan fingerprint density at radius 1 is 1.31 bits per heavy atom. The van der Waals surface area contributed by atoms with Gasteiger partial charge in [-0.15, -0.1) is 0 Å². The lowest BCUT2D eigenvalue weighted by Gasteiger charge is -2.18. The summed E-state index contributed by atoms with van der Waals surface area (Å²) in [6.07, 6.45) is 0.180. The Bertz CT molecular complexity index is 341. The number of hydrogen-bond donors (Lipinski definition) is 1. The minimum atomic E-state index is -0.922. The zero-order valence-corrected chi connectivity index (χ0v) is 9.93. The predicted molar refractivity (Wildman–Crippen MR) is 62.7 cm³/mol. The fourth-order valence-electron chi connectivity index (χ4n) is 1.42. The molecule has 0 bridgehead atoms. The maximum atomic E-state index is 10.9. The molecule has 0 saturated carbocycles. The molecule has 3 nitrogen and oxygen atoms in total. The molecule has 1 N–H and O–H groups in total. The Hall–Kier alpha value is -1.51. The molecule has 1 rings (SSSR count). The summed E-state index contributed by atoms with van der Waals surface area (Å²) in [5.41, 5.74) is 1.21. The van der Waals surface area contributed by atoms with E-state index in [-0.39, 0.29) is 5.92 Å². The zero-order valence-electron chi connectivity index (χ0n) is 9.93. The molecule has 1 unspecified atom stereocenters. The molecular weight excluding hydrogens is 204 g/mol. The molecule has 0 heterocycles. The van der Waals surface area contributed by atoms with E-state index in [1.807, 2.05) is 38.1 Å². The van der Waals surface area contributed by atoms with Gasteiger partial charge in [0.1, 0.15) is 5.75 Å². The van der Waals surface area contributed by atoms with Crippen molar-refractivity contribution in [3.8, 4) is 5.75 Å². The van der Waals surface area contributed by atoms with Crippen LogP contribution in [0.3, 0.4) is 0 Å². The van der Waals surface area contributed by atoms with Crippen LogP contribution in [0.2, 0.25) is 0 Å². The van der Waals surface area contributed by atoms with E-state index in [0.29, 0.717) is 5.75 Å². The number of hydrogen-bond acceptors (Lipinski definition) is 2. The Labute approximate surface area is 96.1 Å². The van der Waals surface area contributed by atoms with E-state index >= 15 is 0 Å². The van der Waals surface area contributed by atoms with Crippen molar-refractivity contribution >= 4 is 5.97 Å². The molecule has 88 valence electrons. The van der Waals surface area contributed by atoms with Crippen LogP contribution in [-0.4, -0.2) is 17.2 Å². The number of carboxylic acid groups (broad SMARTS) is 1. The van der Waals surface area contributed by atoms with Crippen molar-refractivity contribution in [2.24, 2.45) is 5.92 Å². The van der Waals surface area contributed by atoms with Crippen LogP contribution < -0.4 is 4.74 Å².